The third kappa shape index (κ3) is 6.16. The van der Waals surface area contributed by atoms with Gasteiger partial charge in [-0.05, 0) is 59.8 Å². The molecular weight excluding hydrogens is 485 g/mol. The molecule has 4 rings (SSSR count). The van der Waals surface area contributed by atoms with E-state index in [9.17, 15) is 4.79 Å². The van der Waals surface area contributed by atoms with E-state index in [1.54, 1.807) is 11.8 Å². The average Bonchev–Trinajstić information content (AvgIpc) is 3.36. The Labute approximate surface area is 215 Å². The van der Waals surface area contributed by atoms with Crippen molar-refractivity contribution in [3.8, 4) is 0 Å². The number of halogens is 2. The van der Waals surface area contributed by atoms with Gasteiger partial charge in [-0.25, -0.2) is 0 Å². The molecule has 0 bridgehead atoms. The maximum atomic E-state index is 10.8. The summed E-state index contributed by atoms with van der Waals surface area (Å²) in [6.07, 6.45) is 1.77. The van der Waals surface area contributed by atoms with E-state index in [4.69, 9.17) is 23.2 Å². The van der Waals surface area contributed by atoms with Crippen LogP contribution in [0.25, 0.3) is 5.70 Å². The minimum absolute atomic E-state index is 0.161. The van der Waals surface area contributed by atoms with Crippen molar-refractivity contribution in [3.63, 3.8) is 0 Å². The summed E-state index contributed by atoms with van der Waals surface area (Å²) in [6.45, 7) is 1.68. The van der Waals surface area contributed by atoms with Crippen LogP contribution in [0.1, 0.15) is 27.0 Å². The zero-order chi connectivity index (χ0) is 24.1. The van der Waals surface area contributed by atoms with E-state index in [0.29, 0.717) is 15.6 Å². The molecule has 1 atom stereocenters. The van der Waals surface area contributed by atoms with Crippen LogP contribution >= 0.6 is 35.0 Å². The number of carbonyl (C=O) groups excluding carboxylic acids is 1. The van der Waals surface area contributed by atoms with E-state index in [1.807, 2.05) is 42.5 Å². The van der Waals surface area contributed by atoms with Gasteiger partial charge in [-0.15, -0.1) is 0 Å². The number of aldehydes is 1. The summed E-state index contributed by atoms with van der Waals surface area (Å²) in [5, 5.41) is 6.98. The van der Waals surface area contributed by atoms with Gasteiger partial charge in [0.2, 0.25) is 0 Å². The second-order valence-corrected chi connectivity index (χ2v) is 10.2. The van der Waals surface area contributed by atoms with E-state index < -0.39 is 0 Å². The van der Waals surface area contributed by atoms with Gasteiger partial charge >= 0.3 is 0 Å². The van der Waals surface area contributed by atoms with Gasteiger partial charge in [0.25, 0.3) is 0 Å². The van der Waals surface area contributed by atoms with Crippen molar-refractivity contribution in [2.24, 2.45) is 0 Å². The molecule has 0 saturated carbocycles. The number of likely N-dealkylation sites (N-methyl/N-ethyl adjacent to an activating group) is 1. The van der Waals surface area contributed by atoms with Gasteiger partial charge in [-0.3, -0.25) is 9.69 Å². The normalized spacial score (nSPS) is 15.2. The number of rotatable bonds is 9. The molecule has 0 fully saturated rings. The Balaban J connectivity index is 1.30. The fourth-order valence-electron chi connectivity index (χ4n) is 3.79. The predicted octanol–water partition coefficient (Wildman–Crippen LogP) is 6.54. The molecule has 1 heterocycles. The highest BCUT2D eigenvalue weighted by Gasteiger charge is 2.22. The molecule has 0 saturated heterocycles. The summed E-state index contributed by atoms with van der Waals surface area (Å²) in [7, 11) is 4.20. The second-order valence-electron chi connectivity index (χ2n) is 8.41. The smallest absolute Gasteiger partial charge is 0.150 e. The van der Waals surface area contributed by atoms with Gasteiger partial charge in [0.1, 0.15) is 11.8 Å². The lowest BCUT2D eigenvalue weighted by atomic mass is 10.1. The van der Waals surface area contributed by atoms with Crippen LogP contribution in [0.2, 0.25) is 10.0 Å². The Morgan fingerprint density at radius 2 is 1.65 bits per heavy atom. The number of anilines is 1. The summed E-state index contributed by atoms with van der Waals surface area (Å²) in [4.78, 5) is 15.3. The Morgan fingerprint density at radius 1 is 0.941 bits per heavy atom. The van der Waals surface area contributed by atoms with E-state index in [2.05, 4.69) is 58.9 Å². The maximum Gasteiger partial charge on any atom is 0.150 e. The first-order valence-corrected chi connectivity index (χ1v) is 12.7. The Kier molecular flexibility index (Phi) is 8.22. The van der Waals surface area contributed by atoms with Gasteiger partial charge in [0, 0.05) is 37.1 Å². The van der Waals surface area contributed by atoms with Crippen LogP contribution < -0.4 is 10.2 Å². The van der Waals surface area contributed by atoms with Crippen molar-refractivity contribution in [1.29, 1.82) is 0 Å². The second kappa shape index (κ2) is 11.3. The van der Waals surface area contributed by atoms with Crippen LogP contribution in [0.3, 0.4) is 0 Å². The first kappa shape index (κ1) is 24.7. The molecule has 0 aromatic heterocycles. The van der Waals surface area contributed by atoms with Crippen LogP contribution in [0.5, 0.6) is 0 Å². The molecule has 1 N–H and O–H groups in total. The highest BCUT2D eigenvalue weighted by Crippen LogP contribution is 2.30. The minimum atomic E-state index is 0.161. The molecule has 1 unspecified atom stereocenters. The van der Waals surface area contributed by atoms with Gasteiger partial charge in [0.15, 0.2) is 0 Å². The number of benzene rings is 3. The van der Waals surface area contributed by atoms with Crippen LogP contribution in [0.4, 0.5) is 5.69 Å². The van der Waals surface area contributed by atoms with Crippen molar-refractivity contribution in [2.45, 2.75) is 18.5 Å². The largest absolute Gasteiger partial charge is 0.374 e. The number of nitrogens with one attached hydrogen (secondary N) is 1. The molecule has 0 amide bonds. The van der Waals surface area contributed by atoms with Gasteiger partial charge in [-0.1, -0.05) is 77.4 Å². The summed E-state index contributed by atoms with van der Waals surface area (Å²) >= 11 is 13.9. The molecule has 1 aliphatic rings. The third-order valence-corrected chi connectivity index (χ3v) is 7.73. The van der Waals surface area contributed by atoms with Crippen molar-refractivity contribution in [2.75, 3.05) is 25.5 Å². The molecule has 0 spiro atoms. The van der Waals surface area contributed by atoms with Crippen LogP contribution in [0.15, 0.2) is 72.1 Å². The SMILES string of the molecule is CN(CCc1ccc(Cl)c(Cl)c1)c1ccc(C2=CSC(N(C)Cc3ccc(C=O)cc3)N2)cc1. The zero-order valence-corrected chi connectivity index (χ0v) is 21.5. The van der Waals surface area contributed by atoms with Crippen molar-refractivity contribution < 1.29 is 4.79 Å². The first-order chi connectivity index (χ1) is 16.4. The Hall–Kier alpha value is -2.44. The van der Waals surface area contributed by atoms with Crippen molar-refractivity contribution >= 4 is 52.6 Å². The molecule has 7 heteroatoms. The monoisotopic (exact) mass is 511 g/mol. The number of hydrogen-bond donors (Lipinski definition) is 1. The topological polar surface area (TPSA) is 35.6 Å². The summed E-state index contributed by atoms with van der Waals surface area (Å²) < 4.78 is 0. The molecule has 0 radical (unpaired) electrons. The fraction of sp³-hybridized carbons (Fsp3) is 0.222. The highest BCUT2D eigenvalue weighted by molar-refractivity contribution is 8.03. The van der Waals surface area contributed by atoms with E-state index in [-0.39, 0.29) is 5.50 Å². The quantitative estimate of drug-likeness (QED) is 0.330. The van der Waals surface area contributed by atoms with Crippen molar-refractivity contribution in [3.05, 3.63) is 104 Å². The van der Waals surface area contributed by atoms with E-state index >= 15 is 0 Å². The molecule has 34 heavy (non-hydrogen) atoms. The number of thioether (sulfide) groups is 1. The molecule has 4 nitrogen and oxygen atoms in total. The first-order valence-electron chi connectivity index (χ1n) is 11.0. The lowest BCUT2D eigenvalue weighted by Crippen LogP contribution is -2.36. The summed E-state index contributed by atoms with van der Waals surface area (Å²) in [5.74, 6) is 0. The molecule has 1 aliphatic heterocycles. The number of carbonyl (C=O) groups is 1. The van der Waals surface area contributed by atoms with Crippen molar-refractivity contribution in [1.82, 2.24) is 10.2 Å². The number of nitrogens with zero attached hydrogens (tertiary/aromatic N) is 2. The highest BCUT2D eigenvalue weighted by atomic mass is 35.5. The molecule has 0 aliphatic carbocycles. The Morgan fingerprint density at radius 3 is 2.32 bits per heavy atom. The van der Waals surface area contributed by atoms with E-state index in [0.717, 1.165) is 31.5 Å². The van der Waals surface area contributed by atoms with Crippen LogP contribution in [-0.2, 0) is 13.0 Å². The predicted molar refractivity (Wildman–Crippen MR) is 146 cm³/mol. The molecule has 3 aromatic rings. The lowest BCUT2D eigenvalue weighted by molar-refractivity contribution is 0.112. The maximum absolute atomic E-state index is 10.8. The van der Waals surface area contributed by atoms with Gasteiger partial charge < -0.3 is 10.2 Å². The fourth-order valence-corrected chi connectivity index (χ4v) is 5.06. The van der Waals surface area contributed by atoms with Crippen LogP contribution in [-0.4, -0.2) is 37.3 Å². The standard InChI is InChI=1S/C27H27Cl2N3OS/c1-31(14-13-19-7-12-24(28)25(29)15-19)23-10-8-22(9-11-23)26-18-34-27(30-26)32(2)16-20-3-5-21(17-33)6-4-20/h3-12,15,17-18,27,30H,13-14,16H2,1-2H3. The van der Waals surface area contributed by atoms with Gasteiger partial charge in [-0.2, -0.15) is 0 Å². The molecular formula is C27H27Cl2N3OS. The lowest BCUT2D eigenvalue weighted by Gasteiger charge is -2.25. The third-order valence-electron chi connectivity index (χ3n) is 5.88. The molecule has 3 aromatic carbocycles. The number of hydrogen-bond acceptors (Lipinski definition) is 5. The summed E-state index contributed by atoms with van der Waals surface area (Å²) in [6, 6.07) is 22.2. The zero-order valence-electron chi connectivity index (χ0n) is 19.2. The van der Waals surface area contributed by atoms with Crippen LogP contribution in [0, 0.1) is 0 Å². The average molecular weight is 513 g/mol. The molecule has 176 valence electrons. The van der Waals surface area contributed by atoms with Gasteiger partial charge in [0.05, 0.1) is 10.0 Å². The Bertz CT molecular complexity index is 1170. The minimum Gasteiger partial charge on any atom is -0.374 e. The summed E-state index contributed by atoms with van der Waals surface area (Å²) in [5.41, 5.74) is 6.68. The van der Waals surface area contributed by atoms with E-state index in [1.165, 1.54) is 22.4 Å².